The van der Waals surface area contributed by atoms with Gasteiger partial charge in [0.15, 0.2) is 0 Å². The van der Waals surface area contributed by atoms with E-state index in [0.29, 0.717) is 22.9 Å². The summed E-state index contributed by atoms with van der Waals surface area (Å²) in [5, 5.41) is 5.41. The lowest BCUT2D eigenvalue weighted by Gasteiger charge is -2.20. The summed E-state index contributed by atoms with van der Waals surface area (Å²) in [6, 6.07) is 9.68. The van der Waals surface area contributed by atoms with Crippen molar-refractivity contribution < 1.29 is 14.3 Å². The zero-order valence-corrected chi connectivity index (χ0v) is 15.9. The predicted molar refractivity (Wildman–Crippen MR) is 106 cm³/mol. The van der Waals surface area contributed by atoms with Gasteiger partial charge < -0.3 is 10.1 Å². The van der Waals surface area contributed by atoms with E-state index in [2.05, 4.69) is 5.32 Å². The summed E-state index contributed by atoms with van der Waals surface area (Å²) in [7, 11) is 1.36. The molecule has 26 heavy (non-hydrogen) atoms. The van der Waals surface area contributed by atoms with Gasteiger partial charge in [0.05, 0.1) is 7.11 Å². The molecular weight excluding hydrogens is 346 g/mol. The quantitative estimate of drug-likeness (QED) is 0.682. The number of carbonyl (C=O) groups excluding carboxylic acids is 2. The molecule has 0 bridgehead atoms. The van der Waals surface area contributed by atoms with E-state index in [0.717, 1.165) is 17.5 Å². The number of thiophene rings is 1. The maximum atomic E-state index is 12.4. The minimum Gasteiger partial charge on any atom is -0.465 e. The average molecular weight is 372 g/mol. The van der Waals surface area contributed by atoms with E-state index in [9.17, 15) is 9.59 Å². The molecule has 138 valence electrons. The molecule has 0 unspecified atom stereocenters. The van der Waals surface area contributed by atoms with Crippen LogP contribution in [-0.4, -0.2) is 19.0 Å². The second-order valence-electron chi connectivity index (χ2n) is 6.80. The molecule has 3 rings (SSSR count). The van der Waals surface area contributed by atoms with Crippen molar-refractivity contribution in [1.29, 1.82) is 0 Å². The van der Waals surface area contributed by atoms with Crippen LogP contribution < -0.4 is 5.32 Å². The van der Waals surface area contributed by atoms with Crippen LogP contribution in [0.1, 0.15) is 55.3 Å². The SMILES string of the molecule is COC(=O)c1c(-c2ccccc2)csc1NC(=O)CCC1CCCCC1. The van der Waals surface area contributed by atoms with Crippen LogP contribution in [0, 0.1) is 5.92 Å². The smallest absolute Gasteiger partial charge is 0.341 e. The fourth-order valence-electron chi connectivity index (χ4n) is 3.58. The minimum atomic E-state index is -0.423. The van der Waals surface area contributed by atoms with Crippen LogP contribution in [0.25, 0.3) is 11.1 Å². The summed E-state index contributed by atoms with van der Waals surface area (Å²) >= 11 is 1.37. The maximum Gasteiger partial charge on any atom is 0.341 e. The van der Waals surface area contributed by atoms with Crippen LogP contribution in [-0.2, 0) is 9.53 Å². The first kappa shape index (κ1) is 18.6. The number of nitrogens with one attached hydrogen (secondary N) is 1. The fourth-order valence-corrected chi connectivity index (χ4v) is 4.56. The third kappa shape index (κ3) is 4.52. The summed E-state index contributed by atoms with van der Waals surface area (Å²) in [6.45, 7) is 0. The van der Waals surface area contributed by atoms with Crippen LogP contribution in [0.5, 0.6) is 0 Å². The number of ether oxygens (including phenoxy) is 1. The lowest BCUT2D eigenvalue weighted by atomic mass is 9.86. The van der Waals surface area contributed by atoms with Gasteiger partial charge in [0.2, 0.25) is 5.91 Å². The minimum absolute atomic E-state index is 0.0258. The monoisotopic (exact) mass is 371 g/mol. The Morgan fingerprint density at radius 3 is 2.58 bits per heavy atom. The molecule has 0 atom stereocenters. The van der Waals surface area contributed by atoms with E-state index >= 15 is 0 Å². The van der Waals surface area contributed by atoms with Crippen LogP contribution >= 0.6 is 11.3 Å². The highest BCUT2D eigenvalue weighted by Gasteiger charge is 2.22. The van der Waals surface area contributed by atoms with E-state index in [1.54, 1.807) is 0 Å². The molecular formula is C21H25NO3S. The highest BCUT2D eigenvalue weighted by atomic mass is 32.1. The Morgan fingerprint density at radius 2 is 1.88 bits per heavy atom. The zero-order valence-electron chi connectivity index (χ0n) is 15.1. The van der Waals surface area contributed by atoms with Crippen LogP contribution in [0.3, 0.4) is 0 Å². The summed E-state index contributed by atoms with van der Waals surface area (Å²) in [5.74, 6) is 0.215. The van der Waals surface area contributed by atoms with Gasteiger partial charge in [-0.05, 0) is 17.9 Å². The molecule has 1 N–H and O–H groups in total. The third-order valence-corrected chi connectivity index (χ3v) is 5.92. The Kier molecular flexibility index (Phi) is 6.45. The number of carbonyl (C=O) groups is 2. The van der Waals surface area contributed by atoms with E-state index in [1.807, 2.05) is 35.7 Å². The van der Waals surface area contributed by atoms with Crippen molar-refractivity contribution in [2.24, 2.45) is 5.92 Å². The van der Waals surface area contributed by atoms with Crippen molar-refractivity contribution in [3.05, 3.63) is 41.3 Å². The molecule has 1 aliphatic carbocycles. The van der Waals surface area contributed by atoms with Crippen molar-refractivity contribution >= 4 is 28.2 Å². The second-order valence-corrected chi connectivity index (χ2v) is 7.68. The lowest BCUT2D eigenvalue weighted by molar-refractivity contribution is -0.116. The molecule has 1 aromatic carbocycles. The van der Waals surface area contributed by atoms with Gasteiger partial charge in [-0.3, -0.25) is 4.79 Å². The first-order valence-electron chi connectivity index (χ1n) is 9.24. The first-order chi connectivity index (χ1) is 12.7. The van der Waals surface area contributed by atoms with Crippen LogP contribution in [0.4, 0.5) is 5.00 Å². The number of hydrogen-bond donors (Lipinski definition) is 1. The molecule has 0 aliphatic heterocycles. The Hall–Kier alpha value is -2.14. The third-order valence-electron chi connectivity index (χ3n) is 5.02. The number of benzene rings is 1. The van der Waals surface area contributed by atoms with Crippen molar-refractivity contribution in [1.82, 2.24) is 0 Å². The number of amides is 1. The highest BCUT2D eigenvalue weighted by Crippen LogP contribution is 2.36. The highest BCUT2D eigenvalue weighted by molar-refractivity contribution is 7.15. The Bertz CT molecular complexity index is 748. The lowest BCUT2D eigenvalue weighted by Crippen LogP contribution is -2.16. The number of anilines is 1. The van der Waals surface area contributed by atoms with Gasteiger partial charge in [-0.15, -0.1) is 11.3 Å². The Balaban J connectivity index is 1.71. The number of esters is 1. The molecule has 5 heteroatoms. The molecule has 1 saturated carbocycles. The zero-order chi connectivity index (χ0) is 18.4. The van der Waals surface area contributed by atoms with Crippen molar-refractivity contribution in [3.8, 4) is 11.1 Å². The molecule has 0 saturated heterocycles. The number of rotatable bonds is 6. The molecule has 1 fully saturated rings. The van der Waals surface area contributed by atoms with Gasteiger partial charge in [0.25, 0.3) is 0 Å². The largest absolute Gasteiger partial charge is 0.465 e. The van der Waals surface area contributed by atoms with Gasteiger partial charge in [-0.1, -0.05) is 62.4 Å². The molecule has 1 amide bonds. The standard InChI is InChI=1S/C21H25NO3S/c1-25-21(24)19-17(16-10-6-3-7-11-16)14-26-20(19)22-18(23)13-12-15-8-4-2-5-9-15/h3,6-7,10-11,14-15H,2,4-5,8-9,12-13H2,1H3,(H,22,23). The normalized spacial score (nSPS) is 14.8. The molecule has 4 nitrogen and oxygen atoms in total. The van der Waals surface area contributed by atoms with Crippen molar-refractivity contribution in [2.75, 3.05) is 12.4 Å². The molecule has 0 spiro atoms. The molecule has 1 aliphatic rings. The average Bonchev–Trinajstić information content (AvgIpc) is 3.10. The van der Waals surface area contributed by atoms with Crippen LogP contribution in [0.2, 0.25) is 0 Å². The van der Waals surface area contributed by atoms with Gasteiger partial charge in [-0.25, -0.2) is 4.79 Å². The topological polar surface area (TPSA) is 55.4 Å². The summed E-state index contributed by atoms with van der Waals surface area (Å²) in [6.07, 6.45) is 7.78. The van der Waals surface area contributed by atoms with Gasteiger partial charge in [-0.2, -0.15) is 0 Å². The summed E-state index contributed by atoms with van der Waals surface area (Å²) in [5.41, 5.74) is 2.17. The van der Waals surface area contributed by atoms with Gasteiger partial charge >= 0.3 is 5.97 Å². The van der Waals surface area contributed by atoms with Gasteiger partial charge in [0, 0.05) is 17.4 Å². The fraction of sp³-hybridized carbons (Fsp3) is 0.429. The van der Waals surface area contributed by atoms with Crippen LogP contribution in [0.15, 0.2) is 35.7 Å². The number of methoxy groups -OCH3 is 1. The Labute approximate surface area is 158 Å². The second kappa shape index (κ2) is 8.99. The van der Waals surface area contributed by atoms with Crippen molar-refractivity contribution in [2.45, 2.75) is 44.9 Å². The van der Waals surface area contributed by atoms with Crippen molar-refractivity contribution in [3.63, 3.8) is 0 Å². The summed E-state index contributed by atoms with van der Waals surface area (Å²) < 4.78 is 4.95. The first-order valence-corrected chi connectivity index (χ1v) is 10.1. The maximum absolute atomic E-state index is 12.4. The molecule has 0 radical (unpaired) electrons. The number of hydrogen-bond acceptors (Lipinski definition) is 4. The van der Waals surface area contributed by atoms with E-state index < -0.39 is 5.97 Å². The van der Waals surface area contributed by atoms with E-state index in [4.69, 9.17) is 4.74 Å². The summed E-state index contributed by atoms with van der Waals surface area (Å²) in [4.78, 5) is 24.7. The van der Waals surface area contributed by atoms with E-state index in [-0.39, 0.29) is 5.91 Å². The van der Waals surface area contributed by atoms with E-state index in [1.165, 1.54) is 50.6 Å². The Morgan fingerprint density at radius 1 is 1.15 bits per heavy atom. The molecule has 2 aromatic rings. The van der Waals surface area contributed by atoms with Gasteiger partial charge in [0.1, 0.15) is 10.6 Å². The molecule has 1 aromatic heterocycles. The predicted octanol–water partition coefficient (Wildman–Crippen LogP) is 5.50. The molecule has 1 heterocycles.